The highest BCUT2D eigenvalue weighted by Crippen LogP contribution is 2.35. The van der Waals surface area contributed by atoms with Crippen LogP contribution in [0.25, 0.3) is 0 Å². The SMILES string of the molecule is CCCC1CCCCN1c1c(Cl)cccc1CN. The van der Waals surface area contributed by atoms with Crippen molar-refractivity contribution in [2.24, 2.45) is 5.73 Å². The van der Waals surface area contributed by atoms with Gasteiger partial charge >= 0.3 is 0 Å². The molecule has 2 N–H and O–H groups in total. The lowest BCUT2D eigenvalue weighted by molar-refractivity contribution is 0.434. The molecule has 0 spiro atoms. The number of rotatable bonds is 4. The van der Waals surface area contributed by atoms with E-state index in [0.29, 0.717) is 12.6 Å². The molecule has 2 rings (SSSR count). The van der Waals surface area contributed by atoms with E-state index in [9.17, 15) is 0 Å². The third kappa shape index (κ3) is 2.81. The van der Waals surface area contributed by atoms with Gasteiger partial charge in [0, 0.05) is 19.1 Å². The Bertz CT molecular complexity index is 390. The maximum Gasteiger partial charge on any atom is 0.0643 e. The third-order valence-corrected chi connectivity index (χ3v) is 4.13. The summed E-state index contributed by atoms with van der Waals surface area (Å²) in [5, 5.41) is 0.848. The zero-order chi connectivity index (χ0) is 13.0. The second kappa shape index (κ2) is 6.44. The quantitative estimate of drug-likeness (QED) is 0.894. The summed E-state index contributed by atoms with van der Waals surface area (Å²) in [6.07, 6.45) is 6.35. The van der Waals surface area contributed by atoms with E-state index in [2.05, 4.69) is 17.9 Å². The summed E-state index contributed by atoms with van der Waals surface area (Å²) in [6.45, 7) is 3.93. The molecule has 18 heavy (non-hydrogen) atoms. The van der Waals surface area contributed by atoms with Gasteiger partial charge in [-0.2, -0.15) is 0 Å². The van der Waals surface area contributed by atoms with Crippen molar-refractivity contribution in [2.75, 3.05) is 11.4 Å². The Hall–Kier alpha value is -0.730. The summed E-state index contributed by atoms with van der Waals surface area (Å²) in [4.78, 5) is 2.50. The van der Waals surface area contributed by atoms with E-state index >= 15 is 0 Å². The van der Waals surface area contributed by atoms with Gasteiger partial charge in [-0.15, -0.1) is 0 Å². The number of hydrogen-bond acceptors (Lipinski definition) is 2. The number of benzene rings is 1. The molecule has 0 aromatic heterocycles. The molecule has 0 saturated carbocycles. The van der Waals surface area contributed by atoms with Crippen LogP contribution in [-0.2, 0) is 6.54 Å². The van der Waals surface area contributed by atoms with Crippen LogP contribution in [0.3, 0.4) is 0 Å². The number of anilines is 1. The van der Waals surface area contributed by atoms with Gasteiger partial charge in [-0.25, -0.2) is 0 Å². The van der Waals surface area contributed by atoms with E-state index < -0.39 is 0 Å². The van der Waals surface area contributed by atoms with E-state index in [1.54, 1.807) is 0 Å². The molecule has 1 fully saturated rings. The maximum absolute atomic E-state index is 6.41. The van der Waals surface area contributed by atoms with Crippen LogP contribution in [0.15, 0.2) is 18.2 Å². The number of para-hydroxylation sites is 1. The van der Waals surface area contributed by atoms with Gasteiger partial charge in [0.15, 0.2) is 0 Å². The molecule has 1 aromatic carbocycles. The summed E-state index contributed by atoms with van der Waals surface area (Å²) in [5.41, 5.74) is 8.21. The average Bonchev–Trinajstić information content (AvgIpc) is 2.40. The van der Waals surface area contributed by atoms with Gasteiger partial charge in [-0.1, -0.05) is 37.1 Å². The Morgan fingerprint density at radius 1 is 1.39 bits per heavy atom. The second-order valence-corrected chi connectivity index (χ2v) is 5.49. The van der Waals surface area contributed by atoms with Crippen LogP contribution in [0, 0.1) is 0 Å². The second-order valence-electron chi connectivity index (χ2n) is 5.08. The minimum Gasteiger partial charge on any atom is -0.367 e. The average molecular weight is 267 g/mol. The standard InChI is InChI=1S/C15H23ClN2/c1-2-6-13-8-3-4-10-18(13)15-12(11-17)7-5-9-14(15)16/h5,7,9,13H,2-4,6,8,10-11,17H2,1H3. The molecule has 1 aromatic rings. The van der Waals surface area contributed by atoms with Crippen LogP contribution in [0.2, 0.25) is 5.02 Å². The number of halogens is 1. The molecule has 1 unspecified atom stereocenters. The van der Waals surface area contributed by atoms with Crippen molar-refractivity contribution in [3.8, 4) is 0 Å². The molecule has 1 aliphatic heterocycles. The molecule has 1 heterocycles. The Balaban J connectivity index is 2.32. The number of hydrogen-bond donors (Lipinski definition) is 1. The first-order chi connectivity index (χ1) is 8.77. The molecular formula is C15H23ClN2. The summed E-state index contributed by atoms with van der Waals surface area (Å²) >= 11 is 6.41. The number of nitrogens with zero attached hydrogens (tertiary/aromatic N) is 1. The van der Waals surface area contributed by atoms with Gasteiger partial charge in [-0.05, 0) is 37.3 Å². The van der Waals surface area contributed by atoms with Crippen molar-refractivity contribution in [3.05, 3.63) is 28.8 Å². The Morgan fingerprint density at radius 2 is 2.22 bits per heavy atom. The van der Waals surface area contributed by atoms with Crippen molar-refractivity contribution >= 4 is 17.3 Å². The molecule has 0 bridgehead atoms. The number of nitrogens with two attached hydrogens (primary N) is 1. The van der Waals surface area contributed by atoms with Crippen molar-refractivity contribution in [3.63, 3.8) is 0 Å². The molecule has 1 atom stereocenters. The molecule has 3 heteroatoms. The zero-order valence-corrected chi connectivity index (χ0v) is 11.9. The van der Waals surface area contributed by atoms with Gasteiger partial charge in [0.25, 0.3) is 0 Å². The van der Waals surface area contributed by atoms with Crippen LogP contribution >= 0.6 is 11.6 Å². The van der Waals surface area contributed by atoms with Crippen LogP contribution in [0.4, 0.5) is 5.69 Å². The van der Waals surface area contributed by atoms with Crippen molar-refractivity contribution < 1.29 is 0 Å². The maximum atomic E-state index is 6.41. The Morgan fingerprint density at radius 3 is 2.94 bits per heavy atom. The van der Waals surface area contributed by atoms with E-state index in [1.165, 1.54) is 43.4 Å². The van der Waals surface area contributed by atoms with Crippen molar-refractivity contribution in [2.45, 2.75) is 51.6 Å². The fourth-order valence-corrected chi connectivity index (χ4v) is 3.28. The molecular weight excluding hydrogens is 244 g/mol. The lowest BCUT2D eigenvalue weighted by Gasteiger charge is -2.39. The summed E-state index contributed by atoms with van der Waals surface area (Å²) in [5.74, 6) is 0. The van der Waals surface area contributed by atoms with E-state index in [1.807, 2.05) is 12.1 Å². The highest BCUT2D eigenvalue weighted by atomic mass is 35.5. The summed E-state index contributed by atoms with van der Waals surface area (Å²) < 4.78 is 0. The highest BCUT2D eigenvalue weighted by Gasteiger charge is 2.25. The van der Waals surface area contributed by atoms with Crippen LogP contribution in [0.1, 0.15) is 44.6 Å². The first-order valence-corrected chi connectivity index (χ1v) is 7.39. The molecule has 2 nitrogen and oxygen atoms in total. The van der Waals surface area contributed by atoms with Crippen LogP contribution < -0.4 is 10.6 Å². The Kier molecular flexibility index (Phi) is 4.90. The van der Waals surface area contributed by atoms with Crippen molar-refractivity contribution in [1.29, 1.82) is 0 Å². The smallest absolute Gasteiger partial charge is 0.0643 e. The van der Waals surface area contributed by atoms with E-state index in [4.69, 9.17) is 17.3 Å². The predicted molar refractivity (Wildman–Crippen MR) is 79.2 cm³/mol. The third-order valence-electron chi connectivity index (χ3n) is 3.83. The number of piperidine rings is 1. The molecule has 1 saturated heterocycles. The fourth-order valence-electron chi connectivity index (χ4n) is 2.97. The first-order valence-electron chi connectivity index (χ1n) is 7.02. The topological polar surface area (TPSA) is 29.3 Å². The normalized spacial score (nSPS) is 20.2. The van der Waals surface area contributed by atoms with E-state index in [-0.39, 0.29) is 0 Å². The molecule has 0 amide bonds. The van der Waals surface area contributed by atoms with Gasteiger partial charge in [-0.3, -0.25) is 0 Å². The minimum atomic E-state index is 0.561. The molecule has 0 aliphatic carbocycles. The van der Waals surface area contributed by atoms with Crippen LogP contribution in [0.5, 0.6) is 0 Å². The van der Waals surface area contributed by atoms with Gasteiger partial charge < -0.3 is 10.6 Å². The van der Waals surface area contributed by atoms with Gasteiger partial charge in [0.05, 0.1) is 10.7 Å². The summed E-state index contributed by atoms with van der Waals surface area (Å²) in [7, 11) is 0. The van der Waals surface area contributed by atoms with Crippen LogP contribution in [-0.4, -0.2) is 12.6 Å². The highest BCUT2D eigenvalue weighted by molar-refractivity contribution is 6.33. The van der Waals surface area contributed by atoms with Gasteiger partial charge in [0.1, 0.15) is 0 Å². The summed E-state index contributed by atoms with van der Waals surface area (Å²) in [6, 6.07) is 6.70. The lowest BCUT2D eigenvalue weighted by atomic mass is 9.96. The first kappa shape index (κ1) is 13.7. The minimum absolute atomic E-state index is 0.561. The fraction of sp³-hybridized carbons (Fsp3) is 0.600. The van der Waals surface area contributed by atoms with Crippen molar-refractivity contribution in [1.82, 2.24) is 0 Å². The lowest BCUT2D eigenvalue weighted by Crippen LogP contribution is -2.40. The molecule has 0 radical (unpaired) electrons. The molecule has 100 valence electrons. The Labute approximate surface area is 115 Å². The van der Waals surface area contributed by atoms with E-state index in [0.717, 1.165) is 11.6 Å². The largest absolute Gasteiger partial charge is 0.367 e. The zero-order valence-electron chi connectivity index (χ0n) is 11.2. The molecule has 1 aliphatic rings. The predicted octanol–water partition coefficient (Wildman–Crippen LogP) is 3.96. The monoisotopic (exact) mass is 266 g/mol. The van der Waals surface area contributed by atoms with Gasteiger partial charge in [0.2, 0.25) is 0 Å².